The van der Waals surface area contributed by atoms with Crippen LogP contribution in [-0.4, -0.2) is 54.0 Å². The fourth-order valence-corrected chi connectivity index (χ4v) is 3.52. The number of hydrogen-bond donors (Lipinski definition) is 1. The minimum Gasteiger partial charge on any atom is -0.497 e. The van der Waals surface area contributed by atoms with Gasteiger partial charge in [-0.2, -0.15) is 0 Å². The van der Waals surface area contributed by atoms with Crippen LogP contribution in [0.1, 0.15) is 17.2 Å². The fraction of sp³-hybridized carbons (Fsp3) is 0.500. The maximum absolute atomic E-state index is 12.3. The van der Waals surface area contributed by atoms with Crippen LogP contribution in [0.2, 0.25) is 0 Å². The molecule has 2 aromatic rings. The summed E-state index contributed by atoms with van der Waals surface area (Å²) < 4.78 is 13.3. The molecule has 152 valence electrons. The first-order valence-electron chi connectivity index (χ1n) is 9.43. The Hall–Kier alpha value is -2.42. The molecule has 1 aromatic carbocycles. The van der Waals surface area contributed by atoms with E-state index in [0.29, 0.717) is 31.9 Å². The second kappa shape index (κ2) is 9.18. The van der Waals surface area contributed by atoms with E-state index in [1.807, 2.05) is 12.1 Å². The Labute approximate surface area is 164 Å². The molecule has 2 heterocycles. The summed E-state index contributed by atoms with van der Waals surface area (Å²) in [5.41, 5.74) is 1.17. The normalized spacial score (nSPS) is 16.1. The molecule has 1 aromatic heterocycles. The largest absolute Gasteiger partial charge is 0.497 e. The van der Waals surface area contributed by atoms with Crippen molar-refractivity contribution in [2.45, 2.75) is 12.6 Å². The SMILES string of the molecule is COc1ccc(C(CNCc2cn(C)c(=O)n(C)c2=O)N2CCOCC2)cc1. The predicted octanol–water partition coefficient (Wildman–Crippen LogP) is 0.256. The molecule has 1 atom stereocenters. The van der Waals surface area contributed by atoms with Crippen LogP contribution in [0.4, 0.5) is 0 Å². The Morgan fingerprint density at radius 1 is 1.14 bits per heavy atom. The molecule has 0 bridgehead atoms. The minimum atomic E-state index is -0.321. The second-order valence-corrected chi connectivity index (χ2v) is 6.98. The summed E-state index contributed by atoms with van der Waals surface area (Å²) >= 11 is 0. The van der Waals surface area contributed by atoms with Crippen molar-refractivity contribution in [1.29, 1.82) is 0 Å². The van der Waals surface area contributed by atoms with Crippen molar-refractivity contribution in [2.24, 2.45) is 14.1 Å². The Morgan fingerprint density at radius 3 is 2.46 bits per heavy atom. The number of benzene rings is 1. The molecule has 1 fully saturated rings. The lowest BCUT2D eigenvalue weighted by Crippen LogP contribution is -2.43. The molecular formula is C20H28N4O4. The van der Waals surface area contributed by atoms with Crippen molar-refractivity contribution < 1.29 is 9.47 Å². The average molecular weight is 388 g/mol. The van der Waals surface area contributed by atoms with Crippen molar-refractivity contribution in [2.75, 3.05) is 40.0 Å². The topological polar surface area (TPSA) is 77.7 Å². The third kappa shape index (κ3) is 4.52. The van der Waals surface area contributed by atoms with E-state index in [9.17, 15) is 9.59 Å². The highest BCUT2D eigenvalue weighted by Gasteiger charge is 2.22. The first-order valence-corrected chi connectivity index (χ1v) is 9.43. The molecule has 3 rings (SSSR count). The van der Waals surface area contributed by atoms with Gasteiger partial charge >= 0.3 is 5.69 Å². The number of hydrogen-bond acceptors (Lipinski definition) is 6. The van der Waals surface area contributed by atoms with Gasteiger partial charge in [0, 0.05) is 58.1 Å². The van der Waals surface area contributed by atoms with E-state index in [0.717, 1.165) is 23.4 Å². The molecule has 28 heavy (non-hydrogen) atoms. The first-order chi connectivity index (χ1) is 13.5. The highest BCUT2D eigenvalue weighted by Crippen LogP contribution is 2.23. The van der Waals surface area contributed by atoms with Crippen LogP contribution in [0.15, 0.2) is 40.1 Å². The maximum Gasteiger partial charge on any atom is 0.330 e. The quantitative estimate of drug-likeness (QED) is 0.733. The minimum absolute atomic E-state index is 0.159. The van der Waals surface area contributed by atoms with Crippen LogP contribution in [0.25, 0.3) is 0 Å². The molecule has 0 aliphatic carbocycles. The molecule has 1 N–H and O–H groups in total. The molecule has 1 aliphatic rings. The zero-order valence-corrected chi connectivity index (χ0v) is 16.7. The summed E-state index contributed by atoms with van der Waals surface area (Å²) in [5.74, 6) is 0.825. The van der Waals surface area contributed by atoms with Gasteiger partial charge in [0.2, 0.25) is 0 Å². The molecule has 0 spiro atoms. The van der Waals surface area contributed by atoms with Gasteiger partial charge in [-0.15, -0.1) is 0 Å². The van der Waals surface area contributed by atoms with Gasteiger partial charge in [0.15, 0.2) is 0 Å². The van der Waals surface area contributed by atoms with Gasteiger partial charge in [-0.1, -0.05) is 12.1 Å². The summed E-state index contributed by atoms with van der Waals surface area (Å²) in [7, 11) is 4.81. The van der Waals surface area contributed by atoms with Gasteiger partial charge in [-0.05, 0) is 17.7 Å². The lowest BCUT2D eigenvalue weighted by Gasteiger charge is -2.35. The van der Waals surface area contributed by atoms with Crippen molar-refractivity contribution in [1.82, 2.24) is 19.4 Å². The highest BCUT2D eigenvalue weighted by molar-refractivity contribution is 5.29. The monoisotopic (exact) mass is 388 g/mol. The number of nitrogens with zero attached hydrogens (tertiary/aromatic N) is 3. The van der Waals surface area contributed by atoms with Crippen molar-refractivity contribution in [3.8, 4) is 5.75 Å². The molecule has 0 saturated carbocycles. The summed E-state index contributed by atoms with van der Waals surface area (Å²) in [6.07, 6.45) is 1.61. The number of methoxy groups -OCH3 is 1. The highest BCUT2D eigenvalue weighted by atomic mass is 16.5. The molecule has 8 heteroatoms. The average Bonchev–Trinajstić information content (AvgIpc) is 2.74. The zero-order chi connectivity index (χ0) is 20.1. The third-order valence-electron chi connectivity index (χ3n) is 5.16. The van der Waals surface area contributed by atoms with Gasteiger partial charge in [-0.3, -0.25) is 14.3 Å². The van der Waals surface area contributed by atoms with Gasteiger partial charge in [-0.25, -0.2) is 4.79 Å². The maximum atomic E-state index is 12.3. The molecule has 1 aliphatic heterocycles. The zero-order valence-electron chi connectivity index (χ0n) is 16.7. The number of aromatic nitrogens is 2. The number of aryl methyl sites for hydroxylation is 1. The molecule has 8 nitrogen and oxygen atoms in total. The van der Waals surface area contributed by atoms with Crippen LogP contribution in [-0.2, 0) is 25.4 Å². The van der Waals surface area contributed by atoms with E-state index < -0.39 is 0 Å². The van der Waals surface area contributed by atoms with E-state index >= 15 is 0 Å². The molecule has 0 radical (unpaired) electrons. The van der Waals surface area contributed by atoms with Crippen molar-refractivity contribution >= 4 is 0 Å². The lowest BCUT2D eigenvalue weighted by atomic mass is 10.0. The number of ether oxygens (including phenoxy) is 2. The summed E-state index contributed by atoms with van der Waals surface area (Å²) in [6, 6.07) is 8.24. The van der Waals surface area contributed by atoms with Gasteiger partial charge in [0.05, 0.1) is 20.3 Å². The van der Waals surface area contributed by atoms with E-state index in [-0.39, 0.29) is 17.3 Å². The first kappa shape index (κ1) is 20.3. The lowest BCUT2D eigenvalue weighted by molar-refractivity contribution is 0.0161. The fourth-order valence-electron chi connectivity index (χ4n) is 3.52. The molecule has 1 unspecified atom stereocenters. The summed E-state index contributed by atoms with van der Waals surface area (Å²) in [5, 5.41) is 3.40. The summed E-state index contributed by atoms with van der Waals surface area (Å²) in [4.78, 5) is 26.6. The van der Waals surface area contributed by atoms with Crippen molar-refractivity contribution in [3.63, 3.8) is 0 Å². The second-order valence-electron chi connectivity index (χ2n) is 6.98. The van der Waals surface area contributed by atoms with Crippen LogP contribution < -0.4 is 21.3 Å². The standard InChI is InChI=1S/C20H28N4O4/c1-22-14-16(19(25)23(2)20(22)26)12-21-13-18(24-8-10-28-11-9-24)15-4-6-17(27-3)7-5-15/h4-7,14,18,21H,8-13H2,1-3H3. The Bertz CT molecular complexity index is 898. The van der Waals surface area contributed by atoms with E-state index in [1.165, 1.54) is 17.2 Å². The summed E-state index contributed by atoms with van der Waals surface area (Å²) in [6.45, 7) is 4.23. The Morgan fingerprint density at radius 2 is 1.82 bits per heavy atom. The van der Waals surface area contributed by atoms with E-state index in [2.05, 4.69) is 22.3 Å². The molecule has 1 saturated heterocycles. The van der Waals surface area contributed by atoms with E-state index in [1.54, 1.807) is 20.4 Å². The van der Waals surface area contributed by atoms with Crippen LogP contribution in [0.5, 0.6) is 5.75 Å². The smallest absolute Gasteiger partial charge is 0.330 e. The number of morpholine rings is 1. The number of nitrogens with one attached hydrogen (secondary N) is 1. The van der Waals surface area contributed by atoms with Crippen LogP contribution >= 0.6 is 0 Å². The predicted molar refractivity (Wildman–Crippen MR) is 107 cm³/mol. The number of rotatable bonds is 7. The van der Waals surface area contributed by atoms with Gasteiger partial charge in [0.1, 0.15) is 5.75 Å². The van der Waals surface area contributed by atoms with Gasteiger partial charge < -0.3 is 19.4 Å². The third-order valence-corrected chi connectivity index (χ3v) is 5.16. The molecular weight excluding hydrogens is 360 g/mol. The Balaban J connectivity index is 1.74. The van der Waals surface area contributed by atoms with Crippen LogP contribution in [0.3, 0.4) is 0 Å². The van der Waals surface area contributed by atoms with Crippen LogP contribution in [0, 0.1) is 0 Å². The Kier molecular flexibility index (Phi) is 6.66. The van der Waals surface area contributed by atoms with Gasteiger partial charge in [0.25, 0.3) is 5.56 Å². The van der Waals surface area contributed by atoms with E-state index in [4.69, 9.17) is 9.47 Å². The molecule has 0 amide bonds. The van der Waals surface area contributed by atoms with Crippen molar-refractivity contribution in [3.05, 3.63) is 62.4 Å².